The van der Waals surface area contributed by atoms with Crippen LogP contribution in [0.5, 0.6) is 0 Å². The van der Waals surface area contributed by atoms with Gasteiger partial charge in [-0.15, -0.1) is 0 Å². The number of nitrogens with one attached hydrogen (secondary N) is 1. The highest BCUT2D eigenvalue weighted by molar-refractivity contribution is 6.03. The van der Waals surface area contributed by atoms with E-state index in [0.717, 1.165) is 13.0 Å². The zero-order chi connectivity index (χ0) is 15.2. The van der Waals surface area contributed by atoms with Gasteiger partial charge in [0.1, 0.15) is 5.69 Å². The summed E-state index contributed by atoms with van der Waals surface area (Å²) in [5, 5.41) is 11.7. The number of anilines is 1. The van der Waals surface area contributed by atoms with Crippen molar-refractivity contribution in [3.8, 4) is 0 Å². The predicted octanol–water partition coefficient (Wildman–Crippen LogP) is 2.78. The number of amides is 1. The number of carbonyl (C=O) groups is 2. The molecule has 2 rings (SSSR count). The lowest BCUT2D eigenvalue weighted by Gasteiger charge is -2.11. The molecule has 0 radical (unpaired) electrons. The van der Waals surface area contributed by atoms with Crippen LogP contribution in [0.2, 0.25) is 0 Å². The molecule has 110 valence electrons. The molecule has 0 spiro atoms. The summed E-state index contributed by atoms with van der Waals surface area (Å²) in [7, 11) is 0. The third-order valence-electron chi connectivity index (χ3n) is 3.13. The van der Waals surface area contributed by atoms with E-state index in [0.29, 0.717) is 16.9 Å². The number of aliphatic carboxylic acids is 1. The van der Waals surface area contributed by atoms with Crippen LogP contribution in [0.3, 0.4) is 0 Å². The van der Waals surface area contributed by atoms with Crippen LogP contribution < -0.4 is 5.32 Å². The fourth-order valence-corrected chi connectivity index (χ4v) is 2.20. The van der Waals surface area contributed by atoms with Crippen LogP contribution in [0, 0.1) is 0 Å². The molecule has 1 amide bonds. The molecule has 0 bridgehead atoms. The normalized spacial score (nSPS) is 10.3. The molecule has 21 heavy (non-hydrogen) atoms. The SMILES string of the molecule is CCCn1cccc1C(=O)Nc1ccccc1CC(=O)O. The number of hydrogen-bond acceptors (Lipinski definition) is 2. The van der Waals surface area contributed by atoms with Gasteiger partial charge >= 0.3 is 5.97 Å². The molecule has 0 aliphatic rings. The van der Waals surface area contributed by atoms with Crippen molar-refractivity contribution in [2.24, 2.45) is 0 Å². The number of carboxylic acid groups (broad SMARTS) is 1. The average Bonchev–Trinajstić information content (AvgIpc) is 2.89. The van der Waals surface area contributed by atoms with E-state index in [4.69, 9.17) is 5.11 Å². The lowest BCUT2D eigenvalue weighted by molar-refractivity contribution is -0.136. The van der Waals surface area contributed by atoms with Crippen LogP contribution in [0.4, 0.5) is 5.69 Å². The number of aromatic nitrogens is 1. The van der Waals surface area contributed by atoms with Crippen LogP contribution in [0.15, 0.2) is 42.6 Å². The lowest BCUT2D eigenvalue weighted by atomic mass is 10.1. The Kier molecular flexibility index (Phi) is 4.77. The fourth-order valence-electron chi connectivity index (χ4n) is 2.20. The highest BCUT2D eigenvalue weighted by Crippen LogP contribution is 2.17. The Balaban J connectivity index is 2.19. The van der Waals surface area contributed by atoms with Gasteiger partial charge < -0.3 is 15.0 Å². The molecule has 5 heteroatoms. The van der Waals surface area contributed by atoms with Crippen molar-refractivity contribution in [1.82, 2.24) is 4.57 Å². The maximum atomic E-state index is 12.3. The van der Waals surface area contributed by atoms with Crippen LogP contribution in [0.25, 0.3) is 0 Å². The number of carboxylic acids is 1. The van der Waals surface area contributed by atoms with Gasteiger partial charge in [-0.3, -0.25) is 9.59 Å². The van der Waals surface area contributed by atoms with Gasteiger partial charge in [-0.1, -0.05) is 25.1 Å². The molecule has 2 N–H and O–H groups in total. The minimum atomic E-state index is -0.925. The maximum absolute atomic E-state index is 12.3. The first kappa shape index (κ1) is 14.8. The number of para-hydroxylation sites is 1. The second-order valence-corrected chi connectivity index (χ2v) is 4.77. The Morgan fingerprint density at radius 2 is 1.95 bits per heavy atom. The minimum absolute atomic E-state index is 0.119. The van der Waals surface area contributed by atoms with Crippen LogP contribution in [0.1, 0.15) is 29.4 Å². The predicted molar refractivity (Wildman–Crippen MR) is 80.5 cm³/mol. The van der Waals surface area contributed by atoms with E-state index in [1.807, 2.05) is 23.8 Å². The zero-order valence-electron chi connectivity index (χ0n) is 11.9. The summed E-state index contributed by atoms with van der Waals surface area (Å²) in [5.41, 5.74) is 1.70. The highest BCUT2D eigenvalue weighted by atomic mass is 16.4. The van der Waals surface area contributed by atoms with Gasteiger partial charge in [0.05, 0.1) is 6.42 Å². The van der Waals surface area contributed by atoms with Crippen molar-refractivity contribution in [3.05, 3.63) is 53.9 Å². The van der Waals surface area contributed by atoms with Gasteiger partial charge in [-0.2, -0.15) is 0 Å². The van der Waals surface area contributed by atoms with E-state index in [-0.39, 0.29) is 12.3 Å². The standard InChI is InChI=1S/C16H18N2O3/c1-2-9-18-10-5-8-14(18)16(21)17-13-7-4-3-6-12(13)11-15(19)20/h3-8,10H,2,9,11H2,1H3,(H,17,21)(H,19,20). The minimum Gasteiger partial charge on any atom is -0.481 e. The van der Waals surface area contributed by atoms with Crippen molar-refractivity contribution in [2.45, 2.75) is 26.3 Å². The summed E-state index contributed by atoms with van der Waals surface area (Å²) in [6.07, 6.45) is 2.68. The number of aryl methyl sites for hydroxylation is 1. The first-order chi connectivity index (χ1) is 10.1. The molecule has 0 atom stereocenters. The van der Waals surface area contributed by atoms with Crippen molar-refractivity contribution in [3.63, 3.8) is 0 Å². The first-order valence-electron chi connectivity index (χ1n) is 6.88. The van der Waals surface area contributed by atoms with E-state index < -0.39 is 5.97 Å². The maximum Gasteiger partial charge on any atom is 0.307 e. The molecule has 0 aliphatic heterocycles. The van der Waals surface area contributed by atoms with E-state index in [2.05, 4.69) is 5.32 Å². The Hall–Kier alpha value is -2.56. The van der Waals surface area contributed by atoms with Gasteiger partial charge in [0.25, 0.3) is 5.91 Å². The molecule has 0 saturated heterocycles. The summed E-state index contributed by atoms with van der Waals surface area (Å²) in [5.74, 6) is -1.16. The third-order valence-corrected chi connectivity index (χ3v) is 3.13. The Morgan fingerprint density at radius 1 is 1.19 bits per heavy atom. The Labute approximate surface area is 123 Å². The van der Waals surface area contributed by atoms with Gasteiger partial charge in [0.2, 0.25) is 0 Å². The largest absolute Gasteiger partial charge is 0.481 e. The van der Waals surface area contributed by atoms with Gasteiger partial charge in [0, 0.05) is 18.4 Å². The summed E-state index contributed by atoms with van der Waals surface area (Å²) >= 11 is 0. The number of rotatable bonds is 6. The lowest BCUT2D eigenvalue weighted by Crippen LogP contribution is -2.18. The molecule has 0 unspecified atom stereocenters. The van der Waals surface area contributed by atoms with Crippen molar-refractivity contribution < 1.29 is 14.7 Å². The summed E-state index contributed by atoms with van der Waals surface area (Å²) in [4.78, 5) is 23.2. The van der Waals surface area contributed by atoms with Crippen LogP contribution in [-0.2, 0) is 17.8 Å². The second kappa shape index (κ2) is 6.74. The molecule has 1 aromatic heterocycles. The Bertz CT molecular complexity index is 646. The average molecular weight is 286 g/mol. The molecule has 1 heterocycles. The molecule has 2 aromatic rings. The van der Waals surface area contributed by atoms with Crippen LogP contribution in [-0.4, -0.2) is 21.6 Å². The number of benzene rings is 1. The van der Waals surface area contributed by atoms with Gasteiger partial charge in [-0.05, 0) is 30.2 Å². The molecular weight excluding hydrogens is 268 g/mol. The number of carbonyl (C=O) groups excluding carboxylic acids is 1. The van der Waals surface area contributed by atoms with Crippen molar-refractivity contribution in [1.29, 1.82) is 0 Å². The smallest absolute Gasteiger partial charge is 0.307 e. The van der Waals surface area contributed by atoms with Crippen molar-refractivity contribution >= 4 is 17.6 Å². The monoisotopic (exact) mass is 286 g/mol. The number of hydrogen-bond donors (Lipinski definition) is 2. The third kappa shape index (κ3) is 3.72. The quantitative estimate of drug-likeness (QED) is 0.857. The topological polar surface area (TPSA) is 71.3 Å². The van der Waals surface area contributed by atoms with Crippen LogP contribution >= 0.6 is 0 Å². The molecule has 0 fully saturated rings. The molecule has 5 nitrogen and oxygen atoms in total. The van der Waals surface area contributed by atoms with Crippen molar-refractivity contribution in [2.75, 3.05) is 5.32 Å². The highest BCUT2D eigenvalue weighted by Gasteiger charge is 2.13. The Morgan fingerprint density at radius 3 is 2.67 bits per heavy atom. The zero-order valence-corrected chi connectivity index (χ0v) is 11.9. The summed E-state index contributed by atoms with van der Waals surface area (Å²) < 4.78 is 1.88. The fraction of sp³-hybridized carbons (Fsp3) is 0.250. The van der Waals surface area contributed by atoms with Gasteiger partial charge in [-0.25, -0.2) is 0 Å². The molecule has 0 aliphatic carbocycles. The van der Waals surface area contributed by atoms with Gasteiger partial charge in [0.15, 0.2) is 0 Å². The van der Waals surface area contributed by atoms with E-state index in [1.165, 1.54) is 0 Å². The number of nitrogens with zero attached hydrogens (tertiary/aromatic N) is 1. The molecular formula is C16H18N2O3. The van der Waals surface area contributed by atoms with E-state index in [1.54, 1.807) is 30.3 Å². The van der Waals surface area contributed by atoms with E-state index >= 15 is 0 Å². The first-order valence-corrected chi connectivity index (χ1v) is 6.88. The molecule has 0 saturated carbocycles. The molecule has 1 aromatic carbocycles. The van der Waals surface area contributed by atoms with E-state index in [9.17, 15) is 9.59 Å². The summed E-state index contributed by atoms with van der Waals surface area (Å²) in [6, 6.07) is 10.5. The second-order valence-electron chi connectivity index (χ2n) is 4.77. The summed E-state index contributed by atoms with van der Waals surface area (Å²) in [6.45, 7) is 2.82.